The highest BCUT2D eigenvalue weighted by atomic mass is 19.4. The van der Waals surface area contributed by atoms with E-state index in [0.717, 1.165) is 6.42 Å². The molecule has 1 rings (SSSR count). The Morgan fingerprint density at radius 1 is 1.00 bits per heavy atom. The minimum absolute atomic E-state index is 0.227. The van der Waals surface area contributed by atoms with E-state index in [2.05, 4.69) is 0 Å². The molecule has 0 amide bonds. The van der Waals surface area contributed by atoms with Crippen molar-refractivity contribution in [3.05, 3.63) is 0 Å². The summed E-state index contributed by atoms with van der Waals surface area (Å²) in [7, 11) is 0. The molecule has 1 aliphatic rings. The molecule has 0 nitrogen and oxygen atoms in total. The Morgan fingerprint density at radius 2 is 1.58 bits per heavy atom. The first kappa shape index (κ1) is 9.87. The Labute approximate surface area is 71.1 Å². The first-order chi connectivity index (χ1) is 5.41. The van der Waals surface area contributed by atoms with Crippen LogP contribution in [-0.2, 0) is 0 Å². The van der Waals surface area contributed by atoms with Crippen molar-refractivity contribution < 1.29 is 13.2 Å². The third-order valence-electron chi connectivity index (χ3n) is 3.06. The maximum atomic E-state index is 12.2. The van der Waals surface area contributed by atoms with Gasteiger partial charge in [-0.25, -0.2) is 0 Å². The number of hydrogen-bond donors (Lipinski definition) is 0. The minimum atomic E-state index is -3.96. The van der Waals surface area contributed by atoms with Crippen molar-refractivity contribution in [1.82, 2.24) is 0 Å². The van der Waals surface area contributed by atoms with E-state index in [-0.39, 0.29) is 5.92 Å². The van der Waals surface area contributed by atoms with Gasteiger partial charge >= 0.3 is 6.18 Å². The highest BCUT2D eigenvalue weighted by molar-refractivity contribution is 4.79. The SMILES string of the molecule is CC1CCC(C(F)(F)F)C[C@@H]1C. The van der Waals surface area contributed by atoms with Gasteiger partial charge in [0.05, 0.1) is 5.92 Å². The van der Waals surface area contributed by atoms with Gasteiger partial charge in [0.15, 0.2) is 0 Å². The van der Waals surface area contributed by atoms with Crippen LogP contribution < -0.4 is 0 Å². The van der Waals surface area contributed by atoms with Crippen molar-refractivity contribution in [3.8, 4) is 0 Å². The molecule has 0 spiro atoms. The van der Waals surface area contributed by atoms with Crippen molar-refractivity contribution in [2.45, 2.75) is 39.3 Å². The summed E-state index contributed by atoms with van der Waals surface area (Å²) in [6.45, 7) is 3.96. The Bertz CT molecular complexity index is 150. The molecule has 0 aliphatic heterocycles. The second-order valence-electron chi connectivity index (χ2n) is 4.01. The fourth-order valence-electron chi connectivity index (χ4n) is 1.84. The van der Waals surface area contributed by atoms with Gasteiger partial charge in [0.1, 0.15) is 0 Å². The molecule has 0 aromatic rings. The standard InChI is InChI=1S/C9H15F3/c1-6-3-4-8(5-7(6)2)9(10,11)12/h6-8H,3-5H2,1-2H3/t6?,7-,8?/m0/s1. The van der Waals surface area contributed by atoms with Crippen molar-refractivity contribution in [1.29, 1.82) is 0 Å². The summed E-state index contributed by atoms with van der Waals surface area (Å²) in [5.41, 5.74) is 0. The summed E-state index contributed by atoms with van der Waals surface area (Å²) < 4.78 is 36.7. The van der Waals surface area contributed by atoms with Gasteiger partial charge in [-0.15, -0.1) is 0 Å². The minimum Gasteiger partial charge on any atom is -0.171 e. The molecule has 0 N–H and O–H groups in total. The molecular weight excluding hydrogens is 165 g/mol. The Morgan fingerprint density at radius 3 is 2.00 bits per heavy atom. The molecule has 3 atom stereocenters. The predicted octanol–water partition coefficient (Wildman–Crippen LogP) is 3.62. The average molecular weight is 180 g/mol. The van der Waals surface area contributed by atoms with Crippen LogP contribution in [0.2, 0.25) is 0 Å². The second-order valence-corrected chi connectivity index (χ2v) is 4.01. The van der Waals surface area contributed by atoms with Gasteiger partial charge in [-0.1, -0.05) is 13.8 Å². The third kappa shape index (κ3) is 2.14. The number of halogens is 3. The molecule has 0 saturated heterocycles. The second kappa shape index (κ2) is 3.27. The van der Waals surface area contributed by atoms with Crippen molar-refractivity contribution in [3.63, 3.8) is 0 Å². The normalized spacial score (nSPS) is 38.2. The van der Waals surface area contributed by atoms with Crippen molar-refractivity contribution in [2.75, 3.05) is 0 Å². The molecule has 0 bridgehead atoms. The van der Waals surface area contributed by atoms with Crippen LogP contribution in [0.25, 0.3) is 0 Å². The van der Waals surface area contributed by atoms with E-state index in [1.807, 2.05) is 13.8 Å². The first-order valence-corrected chi connectivity index (χ1v) is 4.48. The van der Waals surface area contributed by atoms with Gasteiger partial charge in [-0.05, 0) is 31.1 Å². The third-order valence-corrected chi connectivity index (χ3v) is 3.06. The predicted molar refractivity (Wildman–Crippen MR) is 41.7 cm³/mol. The number of alkyl halides is 3. The van der Waals surface area contributed by atoms with Gasteiger partial charge in [0.25, 0.3) is 0 Å². The first-order valence-electron chi connectivity index (χ1n) is 4.48. The summed E-state index contributed by atoms with van der Waals surface area (Å²) in [6.07, 6.45) is -2.58. The van der Waals surface area contributed by atoms with E-state index in [1.54, 1.807) is 0 Å². The van der Waals surface area contributed by atoms with Crippen LogP contribution in [0.4, 0.5) is 13.2 Å². The Hall–Kier alpha value is -0.210. The monoisotopic (exact) mass is 180 g/mol. The summed E-state index contributed by atoms with van der Waals surface area (Å²) >= 11 is 0. The topological polar surface area (TPSA) is 0 Å². The van der Waals surface area contributed by atoms with Crippen LogP contribution in [0.3, 0.4) is 0 Å². The molecule has 2 unspecified atom stereocenters. The molecule has 3 heteroatoms. The zero-order valence-electron chi connectivity index (χ0n) is 7.49. The molecule has 0 radical (unpaired) electrons. The quantitative estimate of drug-likeness (QED) is 0.534. The summed E-state index contributed by atoms with van der Waals surface area (Å²) in [5.74, 6) is -0.349. The Kier molecular flexibility index (Phi) is 2.69. The molecule has 1 aliphatic carbocycles. The molecule has 12 heavy (non-hydrogen) atoms. The van der Waals surface area contributed by atoms with E-state index in [1.165, 1.54) is 0 Å². The summed E-state index contributed by atoms with van der Waals surface area (Å²) in [5, 5.41) is 0. The lowest BCUT2D eigenvalue weighted by molar-refractivity contribution is -0.187. The van der Waals surface area contributed by atoms with E-state index in [4.69, 9.17) is 0 Å². The van der Waals surface area contributed by atoms with E-state index < -0.39 is 12.1 Å². The van der Waals surface area contributed by atoms with Crippen molar-refractivity contribution in [2.24, 2.45) is 17.8 Å². The zero-order valence-corrected chi connectivity index (χ0v) is 7.49. The summed E-state index contributed by atoms with van der Waals surface area (Å²) in [4.78, 5) is 0. The lowest BCUT2D eigenvalue weighted by atomic mass is 9.75. The van der Waals surface area contributed by atoms with Crippen LogP contribution in [0.15, 0.2) is 0 Å². The van der Waals surface area contributed by atoms with Gasteiger partial charge in [-0.2, -0.15) is 13.2 Å². The smallest absolute Gasteiger partial charge is 0.171 e. The van der Waals surface area contributed by atoms with Crippen LogP contribution >= 0.6 is 0 Å². The molecule has 0 aromatic heterocycles. The van der Waals surface area contributed by atoms with E-state index in [0.29, 0.717) is 18.8 Å². The lowest BCUT2D eigenvalue weighted by Crippen LogP contribution is -2.31. The zero-order chi connectivity index (χ0) is 9.35. The molecule has 1 saturated carbocycles. The van der Waals surface area contributed by atoms with Crippen LogP contribution in [0.5, 0.6) is 0 Å². The highest BCUT2D eigenvalue weighted by Crippen LogP contribution is 2.41. The summed E-state index contributed by atoms with van der Waals surface area (Å²) in [6, 6.07) is 0. The van der Waals surface area contributed by atoms with Gasteiger partial charge in [-0.3, -0.25) is 0 Å². The largest absolute Gasteiger partial charge is 0.391 e. The van der Waals surface area contributed by atoms with E-state index in [9.17, 15) is 13.2 Å². The number of hydrogen-bond acceptors (Lipinski definition) is 0. The van der Waals surface area contributed by atoms with Crippen molar-refractivity contribution >= 4 is 0 Å². The van der Waals surface area contributed by atoms with E-state index >= 15 is 0 Å². The van der Waals surface area contributed by atoms with Crippen LogP contribution in [-0.4, -0.2) is 6.18 Å². The maximum Gasteiger partial charge on any atom is 0.391 e. The van der Waals surface area contributed by atoms with Gasteiger partial charge in [0, 0.05) is 0 Å². The lowest BCUT2D eigenvalue weighted by Gasteiger charge is -2.32. The number of rotatable bonds is 0. The van der Waals surface area contributed by atoms with Gasteiger partial charge < -0.3 is 0 Å². The average Bonchev–Trinajstić information content (AvgIpc) is 1.92. The molecule has 1 fully saturated rings. The van der Waals surface area contributed by atoms with Gasteiger partial charge in [0.2, 0.25) is 0 Å². The Balaban J connectivity index is 2.51. The fraction of sp³-hybridized carbons (Fsp3) is 1.00. The molecular formula is C9H15F3. The highest BCUT2D eigenvalue weighted by Gasteiger charge is 2.42. The molecule has 72 valence electrons. The fourth-order valence-corrected chi connectivity index (χ4v) is 1.84. The molecule has 0 heterocycles. The van der Waals surface area contributed by atoms with Crippen LogP contribution in [0.1, 0.15) is 33.1 Å². The maximum absolute atomic E-state index is 12.2. The van der Waals surface area contributed by atoms with Crippen LogP contribution in [0, 0.1) is 17.8 Å². The molecule has 0 aromatic carbocycles.